The summed E-state index contributed by atoms with van der Waals surface area (Å²) >= 11 is 3.48. The molecule has 0 spiro atoms. The first-order valence-corrected chi connectivity index (χ1v) is 6.37. The molecule has 0 heterocycles. The van der Waals surface area contributed by atoms with Crippen molar-refractivity contribution in [2.45, 2.75) is 6.92 Å². The molecule has 0 aliphatic carbocycles. The Hall–Kier alpha value is -1.65. The van der Waals surface area contributed by atoms with Gasteiger partial charge in [0.25, 0.3) is 0 Å². The molecule has 0 fully saturated rings. The van der Waals surface area contributed by atoms with E-state index in [0.717, 1.165) is 21.3 Å². The quantitative estimate of drug-likeness (QED) is 0.387. The van der Waals surface area contributed by atoms with Gasteiger partial charge >= 0.3 is 0 Å². The number of nitrogens with one attached hydrogen (secondary N) is 1. The van der Waals surface area contributed by atoms with Gasteiger partial charge in [0.1, 0.15) is 5.84 Å². The van der Waals surface area contributed by atoms with Crippen molar-refractivity contribution < 1.29 is 0 Å². The molecule has 0 unspecified atom stereocenters. The lowest BCUT2D eigenvalue weighted by molar-refractivity contribution is 1.02. The molecule has 0 bridgehead atoms. The molecule has 92 valence electrons. The molecular formula is C14H14BrN3. The second-order valence-corrected chi connectivity index (χ2v) is 4.76. The Morgan fingerprint density at radius 1 is 1.17 bits per heavy atom. The van der Waals surface area contributed by atoms with E-state index in [-0.39, 0.29) is 0 Å². The van der Waals surface area contributed by atoms with E-state index >= 15 is 0 Å². The highest BCUT2D eigenvalue weighted by Gasteiger charge is 2.04. The van der Waals surface area contributed by atoms with Gasteiger partial charge in [-0.15, -0.1) is 0 Å². The largest absolute Gasteiger partial charge is 0.308 e. The molecule has 0 saturated carbocycles. The maximum absolute atomic E-state index is 5.55. The standard InChI is InChI=1S/C14H14BrN3/c1-10-9-11(7-8-13(10)15)14(18-16)17-12-5-3-2-4-6-12/h2-9H,16H2,1H3,(H,17,18). The van der Waals surface area contributed by atoms with Crippen LogP contribution in [-0.2, 0) is 0 Å². The minimum Gasteiger partial charge on any atom is -0.308 e. The number of hydrazine groups is 1. The van der Waals surface area contributed by atoms with Gasteiger partial charge in [0, 0.05) is 10.0 Å². The summed E-state index contributed by atoms with van der Waals surface area (Å²) in [6, 6.07) is 15.7. The van der Waals surface area contributed by atoms with Crippen molar-refractivity contribution in [3.8, 4) is 0 Å². The Balaban J connectivity index is 2.39. The van der Waals surface area contributed by atoms with Crippen molar-refractivity contribution in [1.82, 2.24) is 5.43 Å². The number of aliphatic imine (C=N–C) groups is 1. The van der Waals surface area contributed by atoms with Gasteiger partial charge in [0.2, 0.25) is 0 Å². The van der Waals surface area contributed by atoms with Gasteiger partial charge in [0.05, 0.1) is 5.69 Å². The SMILES string of the molecule is Cc1cc(C(=Nc2ccccc2)NN)ccc1Br. The summed E-state index contributed by atoms with van der Waals surface area (Å²) < 4.78 is 1.07. The number of rotatable bonds is 2. The lowest BCUT2D eigenvalue weighted by Crippen LogP contribution is -2.30. The molecule has 0 aromatic heterocycles. The zero-order valence-corrected chi connectivity index (χ0v) is 11.6. The summed E-state index contributed by atoms with van der Waals surface area (Å²) in [7, 11) is 0. The van der Waals surface area contributed by atoms with E-state index in [1.165, 1.54) is 0 Å². The van der Waals surface area contributed by atoms with E-state index in [0.29, 0.717) is 5.84 Å². The Bertz CT molecular complexity index is 565. The van der Waals surface area contributed by atoms with Gasteiger partial charge in [-0.1, -0.05) is 40.2 Å². The Morgan fingerprint density at radius 3 is 2.50 bits per heavy atom. The maximum Gasteiger partial charge on any atom is 0.147 e. The van der Waals surface area contributed by atoms with Crippen LogP contribution in [0.2, 0.25) is 0 Å². The summed E-state index contributed by atoms with van der Waals surface area (Å²) in [6.07, 6.45) is 0. The van der Waals surface area contributed by atoms with Crippen LogP contribution in [0.1, 0.15) is 11.1 Å². The van der Waals surface area contributed by atoms with Crippen molar-refractivity contribution in [1.29, 1.82) is 0 Å². The Morgan fingerprint density at radius 2 is 1.89 bits per heavy atom. The summed E-state index contributed by atoms with van der Waals surface area (Å²) in [5.41, 5.74) is 5.62. The molecule has 3 N–H and O–H groups in total. The molecule has 0 aliphatic rings. The highest BCUT2D eigenvalue weighted by Crippen LogP contribution is 2.18. The number of hydrogen-bond donors (Lipinski definition) is 2. The van der Waals surface area contributed by atoms with Gasteiger partial charge < -0.3 is 5.43 Å². The van der Waals surface area contributed by atoms with Crippen molar-refractivity contribution in [3.63, 3.8) is 0 Å². The fraction of sp³-hybridized carbons (Fsp3) is 0.0714. The molecule has 18 heavy (non-hydrogen) atoms. The van der Waals surface area contributed by atoms with Crippen LogP contribution in [0, 0.1) is 6.92 Å². The third-order valence-electron chi connectivity index (χ3n) is 2.57. The second-order valence-electron chi connectivity index (χ2n) is 3.90. The highest BCUT2D eigenvalue weighted by molar-refractivity contribution is 9.10. The first kappa shape index (κ1) is 12.8. The van der Waals surface area contributed by atoms with Gasteiger partial charge in [-0.05, 0) is 36.8 Å². The van der Waals surface area contributed by atoms with Crippen molar-refractivity contribution in [2.75, 3.05) is 0 Å². The maximum atomic E-state index is 5.55. The number of halogens is 1. The van der Waals surface area contributed by atoms with Crippen LogP contribution in [0.15, 0.2) is 58.0 Å². The van der Waals surface area contributed by atoms with E-state index in [9.17, 15) is 0 Å². The number of nitrogens with zero attached hydrogens (tertiary/aromatic N) is 1. The fourth-order valence-electron chi connectivity index (χ4n) is 1.60. The average Bonchev–Trinajstić information content (AvgIpc) is 2.40. The number of amidine groups is 1. The van der Waals surface area contributed by atoms with E-state index in [4.69, 9.17) is 5.84 Å². The number of para-hydroxylation sites is 1. The normalized spacial score (nSPS) is 11.4. The van der Waals surface area contributed by atoms with E-state index in [1.54, 1.807) is 0 Å². The van der Waals surface area contributed by atoms with Gasteiger partial charge in [-0.25, -0.2) is 10.8 Å². The second kappa shape index (κ2) is 5.80. The van der Waals surface area contributed by atoms with E-state index < -0.39 is 0 Å². The third-order valence-corrected chi connectivity index (χ3v) is 3.45. The highest BCUT2D eigenvalue weighted by atomic mass is 79.9. The van der Waals surface area contributed by atoms with Crippen LogP contribution in [0.5, 0.6) is 0 Å². The third kappa shape index (κ3) is 2.97. The first-order chi connectivity index (χ1) is 8.70. The van der Waals surface area contributed by atoms with Crippen molar-refractivity contribution >= 4 is 27.5 Å². The molecule has 2 aromatic carbocycles. The molecule has 2 aromatic rings. The number of aryl methyl sites for hydroxylation is 1. The molecule has 0 atom stereocenters. The number of nitrogens with two attached hydrogens (primary N) is 1. The zero-order chi connectivity index (χ0) is 13.0. The Kier molecular flexibility index (Phi) is 4.12. The molecule has 0 aliphatic heterocycles. The molecule has 0 radical (unpaired) electrons. The minimum atomic E-state index is 0.650. The van der Waals surface area contributed by atoms with Crippen LogP contribution in [0.25, 0.3) is 0 Å². The van der Waals surface area contributed by atoms with Gasteiger partial charge in [-0.3, -0.25) is 0 Å². The predicted molar refractivity (Wildman–Crippen MR) is 78.8 cm³/mol. The van der Waals surface area contributed by atoms with Crippen LogP contribution in [0.3, 0.4) is 0 Å². The van der Waals surface area contributed by atoms with Crippen LogP contribution >= 0.6 is 15.9 Å². The molecule has 4 heteroatoms. The summed E-state index contributed by atoms with van der Waals surface area (Å²) in [5.74, 6) is 6.20. The Labute approximate surface area is 115 Å². The van der Waals surface area contributed by atoms with Gasteiger partial charge in [0.15, 0.2) is 0 Å². The molecule has 3 nitrogen and oxygen atoms in total. The number of hydrogen-bond acceptors (Lipinski definition) is 2. The lowest BCUT2D eigenvalue weighted by atomic mass is 10.1. The summed E-state index contributed by atoms with van der Waals surface area (Å²) in [5, 5.41) is 0. The van der Waals surface area contributed by atoms with E-state index in [1.807, 2.05) is 55.5 Å². The molecule has 2 rings (SSSR count). The monoisotopic (exact) mass is 303 g/mol. The predicted octanol–water partition coefficient (Wildman–Crippen LogP) is 3.30. The van der Waals surface area contributed by atoms with Gasteiger partial charge in [-0.2, -0.15) is 0 Å². The fourth-order valence-corrected chi connectivity index (χ4v) is 1.85. The smallest absolute Gasteiger partial charge is 0.147 e. The molecule has 0 amide bonds. The number of benzene rings is 2. The van der Waals surface area contributed by atoms with Crippen molar-refractivity contribution in [3.05, 3.63) is 64.1 Å². The van der Waals surface area contributed by atoms with Crippen molar-refractivity contribution in [2.24, 2.45) is 10.8 Å². The lowest BCUT2D eigenvalue weighted by Gasteiger charge is -2.07. The van der Waals surface area contributed by atoms with Crippen LogP contribution in [0.4, 0.5) is 5.69 Å². The molecular weight excluding hydrogens is 290 g/mol. The molecule has 0 saturated heterocycles. The minimum absolute atomic E-state index is 0.650. The van der Waals surface area contributed by atoms with Crippen LogP contribution < -0.4 is 11.3 Å². The average molecular weight is 304 g/mol. The topological polar surface area (TPSA) is 50.4 Å². The summed E-state index contributed by atoms with van der Waals surface area (Å²) in [6.45, 7) is 2.03. The summed E-state index contributed by atoms with van der Waals surface area (Å²) in [4.78, 5) is 4.48. The zero-order valence-electron chi connectivity index (χ0n) is 10.0. The van der Waals surface area contributed by atoms with Crippen LogP contribution in [-0.4, -0.2) is 5.84 Å². The van der Waals surface area contributed by atoms with E-state index in [2.05, 4.69) is 26.3 Å². The first-order valence-electron chi connectivity index (χ1n) is 5.57.